The van der Waals surface area contributed by atoms with Gasteiger partial charge in [0.05, 0.1) is 17.2 Å². The third-order valence-corrected chi connectivity index (χ3v) is 3.26. The van der Waals surface area contributed by atoms with Crippen LogP contribution < -0.4 is 4.74 Å². The van der Waals surface area contributed by atoms with Crippen LogP contribution in [0.15, 0.2) is 40.9 Å². The lowest BCUT2D eigenvalue weighted by molar-refractivity contribution is 0.478. The van der Waals surface area contributed by atoms with Crippen LogP contribution in [0.1, 0.15) is 16.7 Å². The molecule has 0 heterocycles. The second-order valence-electron chi connectivity index (χ2n) is 3.95. The fourth-order valence-corrected chi connectivity index (χ4v) is 2.00. The standard InChI is InChI=1S/C15H9BrN2O/c1-10-2-3-11(8-17)6-15(10)19-13-5-4-12(9-18)14(16)7-13/h2-7H,1H3. The van der Waals surface area contributed by atoms with Gasteiger partial charge in [0.15, 0.2) is 0 Å². The van der Waals surface area contributed by atoms with Crippen molar-refractivity contribution >= 4 is 15.9 Å². The zero-order valence-electron chi connectivity index (χ0n) is 10.1. The van der Waals surface area contributed by atoms with Gasteiger partial charge in [-0.1, -0.05) is 6.07 Å². The van der Waals surface area contributed by atoms with Crippen molar-refractivity contribution in [1.82, 2.24) is 0 Å². The maximum atomic E-state index is 8.88. The summed E-state index contributed by atoms with van der Waals surface area (Å²) in [6.07, 6.45) is 0. The minimum Gasteiger partial charge on any atom is -0.457 e. The lowest BCUT2D eigenvalue weighted by Gasteiger charge is -2.09. The first-order valence-electron chi connectivity index (χ1n) is 5.52. The van der Waals surface area contributed by atoms with E-state index in [1.54, 1.807) is 30.3 Å². The molecule has 0 atom stereocenters. The summed E-state index contributed by atoms with van der Waals surface area (Å²) in [5, 5.41) is 17.7. The van der Waals surface area contributed by atoms with Crippen LogP contribution in [0.5, 0.6) is 11.5 Å². The maximum Gasteiger partial charge on any atom is 0.131 e. The highest BCUT2D eigenvalue weighted by Crippen LogP contribution is 2.29. The number of benzene rings is 2. The number of hydrogen-bond acceptors (Lipinski definition) is 3. The molecule has 4 heteroatoms. The summed E-state index contributed by atoms with van der Waals surface area (Å²) in [7, 11) is 0. The summed E-state index contributed by atoms with van der Waals surface area (Å²) >= 11 is 3.31. The number of rotatable bonds is 2. The summed E-state index contributed by atoms with van der Waals surface area (Å²) in [6.45, 7) is 1.91. The molecule has 0 saturated heterocycles. The van der Waals surface area contributed by atoms with Gasteiger partial charge >= 0.3 is 0 Å². The fourth-order valence-electron chi connectivity index (χ4n) is 1.56. The molecule has 0 aliphatic carbocycles. The molecule has 2 aromatic carbocycles. The zero-order chi connectivity index (χ0) is 13.8. The Morgan fingerprint density at radius 1 is 1.05 bits per heavy atom. The van der Waals surface area contributed by atoms with Gasteiger partial charge in [0, 0.05) is 4.47 Å². The summed E-state index contributed by atoms with van der Waals surface area (Å²) in [6, 6.07) is 14.6. The van der Waals surface area contributed by atoms with E-state index < -0.39 is 0 Å². The topological polar surface area (TPSA) is 56.8 Å². The Balaban J connectivity index is 2.34. The SMILES string of the molecule is Cc1ccc(C#N)cc1Oc1ccc(C#N)c(Br)c1. The predicted octanol–water partition coefficient (Wildman–Crippen LogP) is 4.29. The summed E-state index contributed by atoms with van der Waals surface area (Å²) < 4.78 is 6.42. The van der Waals surface area contributed by atoms with Gasteiger partial charge in [0.2, 0.25) is 0 Å². The van der Waals surface area contributed by atoms with Crippen molar-refractivity contribution in [2.24, 2.45) is 0 Å². The van der Waals surface area contributed by atoms with Crippen molar-refractivity contribution < 1.29 is 4.74 Å². The largest absolute Gasteiger partial charge is 0.457 e. The van der Waals surface area contributed by atoms with E-state index in [0.29, 0.717) is 27.1 Å². The number of halogens is 1. The van der Waals surface area contributed by atoms with E-state index in [4.69, 9.17) is 15.3 Å². The van der Waals surface area contributed by atoms with Crippen LogP contribution in [-0.2, 0) is 0 Å². The molecule has 0 aromatic heterocycles. The third kappa shape index (κ3) is 2.93. The monoisotopic (exact) mass is 312 g/mol. The molecule has 0 fully saturated rings. The summed E-state index contributed by atoms with van der Waals surface area (Å²) in [5.74, 6) is 1.25. The Hall–Kier alpha value is -2.30. The highest BCUT2D eigenvalue weighted by atomic mass is 79.9. The van der Waals surface area contributed by atoms with Gasteiger partial charge in [0.1, 0.15) is 17.6 Å². The molecule has 0 spiro atoms. The predicted molar refractivity (Wildman–Crippen MR) is 74.8 cm³/mol. The van der Waals surface area contributed by atoms with Crippen LogP contribution in [0, 0.1) is 29.6 Å². The Bertz CT molecular complexity index is 711. The first-order valence-corrected chi connectivity index (χ1v) is 6.31. The molecular formula is C15H9BrN2O. The lowest BCUT2D eigenvalue weighted by atomic mass is 10.1. The van der Waals surface area contributed by atoms with Crippen LogP contribution >= 0.6 is 15.9 Å². The molecule has 0 N–H and O–H groups in total. The van der Waals surface area contributed by atoms with E-state index >= 15 is 0 Å². The molecule has 0 bridgehead atoms. The molecule has 2 rings (SSSR count). The molecule has 0 saturated carbocycles. The Kier molecular flexibility index (Phi) is 3.85. The van der Waals surface area contributed by atoms with Crippen LogP contribution in [-0.4, -0.2) is 0 Å². The van der Waals surface area contributed by atoms with E-state index in [1.165, 1.54) is 0 Å². The molecule has 92 valence electrons. The van der Waals surface area contributed by atoms with E-state index in [1.807, 2.05) is 13.0 Å². The van der Waals surface area contributed by atoms with Crippen LogP contribution in [0.4, 0.5) is 0 Å². The third-order valence-electron chi connectivity index (χ3n) is 2.61. The Labute approximate surface area is 119 Å². The average molecular weight is 313 g/mol. The quantitative estimate of drug-likeness (QED) is 0.831. The fraction of sp³-hybridized carbons (Fsp3) is 0.0667. The highest BCUT2D eigenvalue weighted by molar-refractivity contribution is 9.10. The molecule has 0 radical (unpaired) electrons. The summed E-state index contributed by atoms with van der Waals surface area (Å²) in [5.41, 5.74) is 2.04. The molecule has 0 unspecified atom stereocenters. The minimum absolute atomic E-state index is 0.549. The first-order chi connectivity index (χ1) is 9.13. The van der Waals surface area contributed by atoms with Crippen molar-refractivity contribution in [2.45, 2.75) is 6.92 Å². The van der Waals surface area contributed by atoms with Crippen LogP contribution in [0.3, 0.4) is 0 Å². The molecule has 0 aliphatic heterocycles. The maximum absolute atomic E-state index is 8.88. The van der Waals surface area contributed by atoms with Gasteiger partial charge in [-0.25, -0.2) is 0 Å². The number of nitrogens with zero attached hydrogens (tertiary/aromatic N) is 2. The number of hydrogen-bond donors (Lipinski definition) is 0. The minimum atomic E-state index is 0.549. The second-order valence-corrected chi connectivity index (χ2v) is 4.80. The number of nitriles is 2. The number of ether oxygens (including phenoxy) is 1. The van der Waals surface area contributed by atoms with Crippen molar-refractivity contribution in [3.05, 3.63) is 57.6 Å². The second kappa shape index (κ2) is 5.56. The van der Waals surface area contributed by atoms with Gasteiger partial charge < -0.3 is 4.74 Å². The Morgan fingerprint density at radius 3 is 2.47 bits per heavy atom. The van der Waals surface area contributed by atoms with E-state index in [2.05, 4.69) is 28.1 Å². The molecular weight excluding hydrogens is 304 g/mol. The van der Waals surface area contributed by atoms with Gasteiger partial charge in [-0.05, 0) is 58.7 Å². The molecule has 19 heavy (non-hydrogen) atoms. The summed E-state index contributed by atoms with van der Waals surface area (Å²) in [4.78, 5) is 0. The van der Waals surface area contributed by atoms with Gasteiger partial charge in [-0.3, -0.25) is 0 Å². The van der Waals surface area contributed by atoms with Crippen molar-refractivity contribution in [3.63, 3.8) is 0 Å². The van der Waals surface area contributed by atoms with E-state index in [0.717, 1.165) is 5.56 Å². The Morgan fingerprint density at radius 2 is 1.84 bits per heavy atom. The molecule has 0 amide bonds. The van der Waals surface area contributed by atoms with Crippen molar-refractivity contribution in [2.75, 3.05) is 0 Å². The van der Waals surface area contributed by atoms with Crippen LogP contribution in [0.25, 0.3) is 0 Å². The molecule has 2 aromatic rings. The molecule has 3 nitrogen and oxygen atoms in total. The normalized spacial score (nSPS) is 9.47. The van der Waals surface area contributed by atoms with Gasteiger partial charge in [-0.2, -0.15) is 10.5 Å². The molecule has 0 aliphatic rings. The van der Waals surface area contributed by atoms with E-state index in [-0.39, 0.29) is 0 Å². The van der Waals surface area contributed by atoms with Gasteiger partial charge in [-0.15, -0.1) is 0 Å². The van der Waals surface area contributed by atoms with E-state index in [9.17, 15) is 0 Å². The van der Waals surface area contributed by atoms with Crippen molar-refractivity contribution in [3.8, 4) is 23.6 Å². The number of aryl methyl sites for hydroxylation is 1. The van der Waals surface area contributed by atoms with Crippen molar-refractivity contribution in [1.29, 1.82) is 10.5 Å². The van der Waals surface area contributed by atoms with Crippen LogP contribution in [0.2, 0.25) is 0 Å². The average Bonchev–Trinajstić information content (AvgIpc) is 2.41. The van der Waals surface area contributed by atoms with Gasteiger partial charge in [0.25, 0.3) is 0 Å². The first kappa shape index (κ1) is 13.1. The zero-order valence-corrected chi connectivity index (χ0v) is 11.7. The lowest BCUT2D eigenvalue weighted by Crippen LogP contribution is -1.89. The smallest absolute Gasteiger partial charge is 0.131 e. The highest BCUT2D eigenvalue weighted by Gasteiger charge is 2.06.